The third-order valence-electron chi connectivity index (χ3n) is 6.12. The molecule has 1 saturated carbocycles. The number of nitrogens with zero attached hydrogens (tertiary/aromatic N) is 1. The summed E-state index contributed by atoms with van der Waals surface area (Å²) in [4.78, 5) is 14.1. The number of likely N-dealkylation sites (tertiary alicyclic amines) is 1. The van der Waals surface area contributed by atoms with Gasteiger partial charge in [0, 0.05) is 19.6 Å². The van der Waals surface area contributed by atoms with E-state index >= 15 is 0 Å². The Morgan fingerprint density at radius 2 is 1.92 bits per heavy atom. The molecule has 0 aromatic heterocycles. The molecule has 26 heavy (non-hydrogen) atoms. The molecule has 0 bridgehead atoms. The molecule has 2 atom stereocenters. The van der Waals surface area contributed by atoms with Crippen molar-refractivity contribution < 1.29 is 18.3 Å². The van der Waals surface area contributed by atoms with Gasteiger partial charge in [-0.3, -0.25) is 4.79 Å². The summed E-state index contributed by atoms with van der Waals surface area (Å²) in [5, 5.41) is 9.64. The van der Waals surface area contributed by atoms with Gasteiger partial charge in [0.25, 0.3) is 0 Å². The van der Waals surface area contributed by atoms with Crippen molar-refractivity contribution in [2.75, 3.05) is 25.4 Å². The molecule has 6 heteroatoms. The van der Waals surface area contributed by atoms with Gasteiger partial charge >= 0.3 is 5.97 Å². The summed E-state index contributed by atoms with van der Waals surface area (Å²) in [7, 11) is -3.36. The summed E-state index contributed by atoms with van der Waals surface area (Å²) in [6, 6.07) is 7.14. The maximum Gasteiger partial charge on any atom is 0.311 e. The summed E-state index contributed by atoms with van der Waals surface area (Å²) < 4.78 is 25.3. The molecule has 2 aliphatic rings. The second-order valence-corrected chi connectivity index (χ2v) is 11.0. The minimum absolute atomic E-state index is 0.0131. The summed E-state index contributed by atoms with van der Waals surface area (Å²) in [5.74, 6) is -0.526. The second kappa shape index (κ2) is 6.64. The number of carbonyl (C=O) groups is 1. The molecule has 1 saturated heterocycles. The van der Waals surface area contributed by atoms with Gasteiger partial charge in [-0.05, 0) is 41.9 Å². The van der Waals surface area contributed by atoms with Crippen LogP contribution in [-0.2, 0) is 20.0 Å². The molecule has 1 aromatic rings. The Kier molecular flexibility index (Phi) is 4.95. The molecular weight excluding hydrogens is 350 g/mol. The van der Waals surface area contributed by atoms with Crippen LogP contribution in [0.5, 0.6) is 0 Å². The van der Waals surface area contributed by atoms with Gasteiger partial charge < -0.3 is 10.0 Å². The maximum absolute atomic E-state index is 12.7. The Balaban J connectivity index is 1.65. The molecule has 144 valence electrons. The normalized spacial score (nSPS) is 26.8. The van der Waals surface area contributed by atoms with Crippen molar-refractivity contribution in [2.45, 2.75) is 50.3 Å². The van der Waals surface area contributed by atoms with Crippen LogP contribution in [0.4, 0.5) is 0 Å². The van der Waals surface area contributed by atoms with Gasteiger partial charge in [0.1, 0.15) is 0 Å². The Morgan fingerprint density at radius 1 is 1.27 bits per heavy atom. The van der Waals surface area contributed by atoms with Crippen molar-refractivity contribution in [3.05, 3.63) is 29.8 Å². The zero-order chi connectivity index (χ0) is 19.2. The maximum atomic E-state index is 12.7. The first-order valence-electron chi connectivity index (χ1n) is 9.34. The Bertz CT molecular complexity index is 779. The van der Waals surface area contributed by atoms with E-state index in [0.29, 0.717) is 31.0 Å². The largest absolute Gasteiger partial charge is 0.481 e. The quantitative estimate of drug-likeness (QED) is 0.851. The average molecular weight is 380 g/mol. The number of benzene rings is 1. The van der Waals surface area contributed by atoms with E-state index in [-0.39, 0.29) is 17.1 Å². The van der Waals surface area contributed by atoms with Crippen LogP contribution in [-0.4, -0.2) is 49.8 Å². The first kappa shape index (κ1) is 19.4. The number of hydrogen-bond donors (Lipinski definition) is 1. The molecule has 1 aliphatic heterocycles. The Morgan fingerprint density at radius 3 is 2.46 bits per heavy atom. The number of rotatable bonds is 5. The van der Waals surface area contributed by atoms with Crippen molar-refractivity contribution in [3.8, 4) is 0 Å². The smallest absolute Gasteiger partial charge is 0.311 e. The van der Waals surface area contributed by atoms with E-state index in [9.17, 15) is 18.3 Å². The number of aliphatic carboxylic acids is 1. The predicted octanol–water partition coefficient (Wildman–Crippen LogP) is 2.94. The van der Waals surface area contributed by atoms with E-state index in [4.69, 9.17) is 0 Å². The number of sulfone groups is 1. The topological polar surface area (TPSA) is 74.7 Å². The molecule has 3 rings (SSSR count). The van der Waals surface area contributed by atoms with Crippen molar-refractivity contribution in [2.24, 2.45) is 11.3 Å². The highest BCUT2D eigenvalue weighted by molar-refractivity contribution is 7.91. The van der Waals surface area contributed by atoms with E-state index in [0.717, 1.165) is 18.4 Å². The lowest BCUT2D eigenvalue weighted by atomic mass is 9.81. The van der Waals surface area contributed by atoms with Crippen molar-refractivity contribution >= 4 is 15.8 Å². The predicted molar refractivity (Wildman–Crippen MR) is 101 cm³/mol. The zero-order valence-electron chi connectivity index (χ0n) is 15.9. The van der Waals surface area contributed by atoms with Crippen LogP contribution in [0.1, 0.15) is 45.6 Å². The van der Waals surface area contributed by atoms with Gasteiger partial charge in [-0.1, -0.05) is 39.3 Å². The molecule has 2 fully saturated rings. The number of hydrogen-bond acceptors (Lipinski definition) is 4. The fourth-order valence-corrected chi connectivity index (χ4v) is 5.73. The standard InChI is InChI=1S/C20H29NO4S/c1-19(2,3)15-6-8-17(9-7-15)26(24,25)12-11-21-13-16-5-4-10-20(16,14-21)18(22)23/h6-9,16H,4-5,10-14H2,1-3H3,(H,22,23)/t16-,20+/m0/s1. The number of carboxylic acids is 1. The summed E-state index contributed by atoms with van der Waals surface area (Å²) in [5.41, 5.74) is 0.436. The van der Waals surface area contributed by atoms with Crippen LogP contribution in [0.3, 0.4) is 0 Å². The Labute approximate surface area is 156 Å². The lowest BCUT2D eigenvalue weighted by molar-refractivity contribution is -0.149. The third kappa shape index (κ3) is 3.54. The number of fused-ring (bicyclic) bond motifs is 1. The average Bonchev–Trinajstić information content (AvgIpc) is 3.10. The first-order chi connectivity index (χ1) is 12.0. The van der Waals surface area contributed by atoms with Gasteiger partial charge in [0.2, 0.25) is 0 Å². The van der Waals surface area contributed by atoms with Crippen molar-refractivity contribution in [1.29, 1.82) is 0 Å². The second-order valence-electron chi connectivity index (χ2n) is 8.88. The van der Waals surface area contributed by atoms with E-state index in [2.05, 4.69) is 20.8 Å². The van der Waals surface area contributed by atoms with Crippen LogP contribution in [0.15, 0.2) is 29.2 Å². The van der Waals surface area contributed by atoms with Crippen LogP contribution in [0, 0.1) is 11.3 Å². The minimum atomic E-state index is -3.36. The van der Waals surface area contributed by atoms with E-state index in [1.807, 2.05) is 17.0 Å². The number of carboxylic acid groups (broad SMARTS) is 1. The molecule has 1 aliphatic carbocycles. The molecule has 1 N–H and O–H groups in total. The van der Waals surface area contributed by atoms with Gasteiger partial charge in [-0.15, -0.1) is 0 Å². The highest BCUT2D eigenvalue weighted by Gasteiger charge is 2.54. The lowest BCUT2D eigenvalue weighted by Gasteiger charge is -2.23. The van der Waals surface area contributed by atoms with E-state index in [1.165, 1.54) is 0 Å². The Hall–Kier alpha value is -1.40. The zero-order valence-corrected chi connectivity index (χ0v) is 16.7. The van der Waals surface area contributed by atoms with Gasteiger partial charge in [0.15, 0.2) is 9.84 Å². The SMILES string of the molecule is CC(C)(C)c1ccc(S(=O)(=O)CCN2C[C@@H]3CCC[C@@]3(C(=O)O)C2)cc1. The van der Waals surface area contributed by atoms with Gasteiger partial charge in [-0.2, -0.15) is 0 Å². The minimum Gasteiger partial charge on any atom is -0.481 e. The van der Waals surface area contributed by atoms with Crippen molar-refractivity contribution in [3.63, 3.8) is 0 Å². The summed E-state index contributed by atoms with van der Waals surface area (Å²) in [6.45, 7) is 7.86. The molecule has 5 nitrogen and oxygen atoms in total. The van der Waals surface area contributed by atoms with Gasteiger partial charge in [-0.25, -0.2) is 8.42 Å². The fraction of sp³-hybridized carbons (Fsp3) is 0.650. The highest BCUT2D eigenvalue weighted by atomic mass is 32.2. The van der Waals surface area contributed by atoms with Crippen LogP contribution in [0.25, 0.3) is 0 Å². The fourth-order valence-electron chi connectivity index (χ4n) is 4.44. The summed E-state index contributed by atoms with van der Waals surface area (Å²) >= 11 is 0. The molecule has 1 heterocycles. The highest BCUT2D eigenvalue weighted by Crippen LogP contribution is 2.48. The molecule has 0 amide bonds. The molecule has 0 spiro atoms. The van der Waals surface area contributed by atoms with Crippen LogP contribution in [0.2, 0.25) is 0 Å². The molecule has 0 radical (unpaired) electrons. The summed E-state index contributed by atoms with van der Waals surface area (Å²) in [6.07, 6.45) is 2.61. The molecule has 0 unspecified atom stereocenters. The van der Waals surface area contributed by atoms with Crippen molar-refractivity contribution in [1.82, 2.24) is 4.90 Å². The third-order valence-corrected chi connectivity index (χ3v) is 7.83. The molecular formula is C20H29NO4S. The van der Waals surface area contributed by atoms with E-state index in [1.54, 1.807) is 12.1 Å². The van der Waals surface area contributed by atoms with Crippen LogP contribution >= 0.6 is 0 Å². The van der Waals surface area contributed by atoms with Crippen LogP contribution < -0.4 is 0 Å². The van der Waals surface area contributed by atoms with Gasteiger partial charge in [0.05, 0.1) is 16.1 Å². The monoisotopic (exact) mass is 379 g/mol. The first-order valence-corrected chi connectivity index (χ1v) is 11.0. The molecule has 1 aromatic carbocycles. The van der Waals surface area contributed by atoms with E-state index < -0.39 is 21.2 Å². The lowest BCUT2D eigenvalue weighted by Crippen LogP contribution is -2.36.